The second-order valence-corrected chi connectivity index (χ2v) is 9.78. The average molecular weight is 731 g/mol. The van der Waals surface area contributed by atoms with E-state index in [0.29, 0.717) is 0 Å². The van der Waals surface area contributed by atoms with Crippen LogP contribution in [0.3, 0.4) is 0 Å². The van der Waals surface area contributed by atoms with E-state index in [1.54, 1.807) is 0 Å². The lowest BCUT2D eigenvalue weighted by atomic mass is 10.2. The Labute approximate surface area is 330 Å². The largest absolute Gasteiger partial charge is 0.368 e. The summed E-state index contributed by atoms with van der Waals surface area (Å²) >= 11 is 0. The summed E-state index contributed by atoms with van der Waals surface area (Å²) in [5.41, 5.74) is 7.00. The van der Waals surface area contributed by atoms with Crippen molar-refractivity contribution in [3.05, 3.63) is 156 Å². The summed E-state index contributed by atoms with van der Waals surface area (Å²) in [6.45, 7) is 16.2. The molecule has 0 saturated heterocycles. The normalized spacial score (nSPS) is 7.29. The molecule has 6 nitrogen and oxygen atoms in total. The first-order chi connectivity index (χ1) is 20.5. The molecule has 0 radical (unpaired) electrons. The van der Waals surface area contributed by atoms with Gasteiger partial charge in [-0.05, 0) is 119 Å². The first-order valence-electron chi connectivity index (χ1n) is 14.7. The van der Waals surface area contributed by atoms with Gasteiger partial charge in [0.2, 0.25) is 0 Å². The molecule has 6 aromatic heterocycles. The highest BCUT2D eigenvalue weighted by atomic mass is 14.9. The van der Waals surface area contributed by atoms with Gasteiger partial charge in [-0.2, -0.15) is 0 Å². The lowest BCUT2D eigenvalue weighted by Crippen LogP contribution is -1.85. The Morgan fingerprint density at radius 3 is 0.923 bits per heavy atom. The highest BCUT2D eigenvalue weighted by Gasteiger charge is 1.89. The Morgan fingerprint density at radius 2 is 0.769 bits per heavy atom. The smallest absolute Gasteiger partial charge is 0.0378 e. The maximum Gasteiger partial charge on any atom is 0.0378 e. The average Bonchev–Trinajstić information content (AvgIpc) is 3.78. The van der Waals surface area contributed by atoms with Crippen molar-refractivity contribution in [2.24, 2.45) is 21.1 Å². The molecule has 0 unspecified atom stereocenters. The zero-order chi connectivity index (χ0) is 32.5. The number of aromatic amines is 1. The molecule has 0 spiro atoms. The van der Waals surface area contributed by atoms with Gasteiger partial charge < -0.3 is 18.7 Å². The van der Waals surface area contributed by atoms with Crippen molar-refractivity contribution >= 4 is 0 Å². The molecule has 0 fully saturated rings. The molecule has 0 aliphatic heterocycles. The zero-order valence-corrected chi connectivity index (χ0v) is 28.3. The van der Waals surface area contributed by atoms with Crippen LogP contribution in [0, 0.1) is 41.5 Å². The molecular weight excluding hydrogens is 637 g/mol. The fraction of sp³-hybridized carbons (Fsp3) is 0.435. The van der Waals surface area contributed by atoms with E-state index in [0.717, 1.165) is 22.8 Å². The first-order valence-corrected chi connectivity index (χ1v) is 14.7. The number of hydrogen-bond donors (Lipinski definition) is 1. The molecule has 308 valence electrons. The summed E-state index contributed by atoms with van der Waals surface area (Å²) in [5.74, 6) is 0. The van der Waals surface area contributed by atoms with Crippen LogP contribution in [0.25, 0.3) is 0 Å². The molecule has 6 rings (SSSR count). The van der Waals surface area contributed by atoms with Gasteiger partial charge in [-0.25, -0.2) is 0 Å². The molecule has 0 bridgehead atoms. The molecule has 0 saturated carbocycles. The molecule has 6 heteroatoms. The van der Waals surface area contributed by atoms with Crippen LogP contribution in [0.2, 0.25) is 0 Å². The minimum atomic E-state index is 0. The lowest BCUT2D eigenvalue weighted by Gasteiger charge is -1.96. The minimum absolute atomic E-state index is 0. The van der Waals surface area contributed by atoms with Gasteiger partial charge in [-0.15, -0.1) is 0 Å². The van der Waals surface area contributed by atoms with E-state index < -0.39 is 0 Å². The van der Waals surface area contributed by atoms with Gasteiger partial charge in [0.1, 0.15) is 0 Å². The van der Waals surface area contributed by atoms with Crippen LogP contribution in [0.15, 0.2) is 122 Å². The quantitative estimate of drug-likeness (QED) is 0.169. The summed E-state index contributed by atoms with van der Waals surface area (Å²) in [6, 6.07) is 24.1. The SMILES string of the molecule is C.C.C.C.C.C.C.C.C.CC.Cc1cc(C)nc(C)c1.Cc1cccc(C)n1.Cc1ccn(C)c1.Cn1cccc1.Cn1cccc1.[HH].[HH].c1cc[nH]c1. The van der Waals surface area contributed by atoms with Gasteiger partial charge in [0.25, 0.3) is 0 Å². The fourth-order valence-corrected chi connectivity index (χ4v) is 3.48. The van der Waals surface area contributed by atoms with Crippen molar-refractivity contribution in [2.75, 3.05) is 0 Å². The Morgan fingerprint density at radius 1 is 0.423 bits per heavy atom. The maximum atomic E-state index is 4.23. The molecular formula is C46H94N6. The van der Waals surface area contributed by atoms with Crippen molar-refractivity contribution in [3.8, 4) is 0 Å². The minimum Gasteiger partial charge on any atom is -0.368 e. The number of nitrogens with zero attached hydrogens (tertiary/aromatic N) is 5. The van der Waals surface area contributed by atoms with Crippen molar-refractivity contribution in [3.63, 3.8) is 0 Å². The van der Waals surface area contributed by atoms with Gasteiger partial charge in [-0.1, -0.05) is 86.8 Å². The zero-order valence-electron chi connectivity index (χ0n) is 28.3. The Balaban J connectivity index is -0.0000000376. The van der Waals surface area contributed by atoms with Crippen LogP contribution in [0.1, 0.15) is 117 Å². The van der Waals surface area contributed by atoms with Crippen molar-refractivity contribution in [1.29, 1.82) is 0 Å². The molecule has 0 aliphatic rings. The fourth-order valence-electron chi connectivity index (χ4n) is 3.48. The standard InChI is InChI=1S/C8H11N.C7H9N.C6H9N.2C5H7N.C4H5N.C2H6.9CH4.2H2/c1-6-4-7(2)9-8(3)5-6;1-6-4-3-5-7(2)8-6;1-6-3-4-7(2)5-6;2*1-6-4-2-3-5-6;1-2-4-5-3-1;1-2;;;;;;;;;;;/h4-5H,1-3H3;3-5H,1-2H3;3-5H,1-2H3;2*2-5H,1H3;1-5H;1-2H3;9*1H4;2*1H. The van der Waals surface area contributed by atoms with Crippen LogP contribution in [0.5, 0.6) is 0 Å². The number of nitrogens with one attached hydrogen (secondary N) is 1. The van der Waals surface area contributed by atoms with Gasteiger partial charge in [0.05, 0.1) is 0 Å². The van der Waals surface area contributed by atoms with E-state index >= 15 is 0 Å². The summed E-state index contributed by atoms with van der Waals surface area (Å²) in [6.07, 6.45) is 15.9. The number of pyridine rings is 2. The van der Waals surface area contributed by atoms with Crippen molar-refractivity contribution in [1.82, 2.24) is 28.7 Å². The topological polar surface area (TPSA) is 56.4 Å². The molecule has 0 atom stereocenters. The summed E-state index contributed by atoms with van der Waals surface area (Å²) in [7, 11) is 6.02. The van der Waals surface area contributed by atoms with Crippen LogP contribution in [0.4, 0.5) is 0 Å². The highest BCUT2D eigenvalue weighted by Crippen LogP contribution is 2.01. The Bertz CT molecular complexity index is 1290. The third-order valence-corrected chi connectivity index (χ3v) is 5.24. The summed E-state index contributed by atoms with van der Waals surface area (Å²) in [4.78, 5) is 11.3. The van der Waals surface area contributed by atoms with Gasteiger partial charge in [-0.3, -0.25) is 9.97 Å². The van der Waals surface area contributed by atoms with Crippen LogP contribution in [-0.4, -0.2) is 28.7 Å². The van der Waals surface area contributed by atoms with E-state index in [4.69, 9.17) is 0 Å². The van der Waals surface area contributed by atoms with Gasteiger partial charge in [0, 0.05) is 96.3 Å². The Hall–Kier alpha value is -4.58. The van der Waals surface area contributed by atoms with E-state index in [1.807, 2.05) is 174 Å². The monoisotopic (exact) mass is 731 g/mol. The number of aryl methyl sites for hydroxylation is 9. The van der Waals surface area contributed by atoms with Crippen molar-refractivity contribution in [2.45, 2.75) is 122 Å². The molecule has 6 aromatic rings. The Kier molecular flexibility index (Phi) is 65.1. The van der Waals surface area contributed by atoms with E-state index in [-0.39, 0.29) is 69.7 Å². The van der Waals surface area contributed by atoms with Crippen LogP contribution >= 0.6 is 0 Å². The molecule has 0 aromatic carbocycles. The van der Waals surface area contributed by atoms with Crippen molar-refractivity contribution < 1.29 is 2.85 Å². The van der Waals surface area contributed by atoms with E-state index in [1.165, 1.54) is 11.1 Å². The number of aromatic nitrogens is 6. The van der Waals surface area contributed by atoms with Crippen LogP contribution in [-0.2, 0) is 21.1 Å². The highest BCUT2D eigenvalue weighted by molar-refractivity contribution is 5.18. The molecule has 1 N–H and O–H groups in total. The summed E-state index contributed by atoms with van der Waals surface area (Å²) in [5, 5.41) is 0. The third-order valence-electron chi connectivity index (χ3n) is 5.24. The van der Waals surface area contributed by atoms with E-state index in [2.05, 4.69) is 53.2 Å². The molecule has 52 heavy (non-hydrogen) atoms. The van der Waals surface area contributed by atoms with Gasteiger partial charge in [0.15, 0.2) is 0 Å². The summed E-state index contributed by atoms with van der Waals surface area (Å²) < 4.78 is 6.04. The second kappa shape index (κ2) is 46.4. The number of H-pyrrole nitrogens is 1. The second-order valence-electron chi connectivity index (χ2n) is 9.78. The predicted molar refractivity (Wildman–Crippen MR) is 250 cm³/mol. The number of rotatable bonds is 0. The molecule has 0 amide bonds. The maximum absolute atomic E-state index is 4.23. The van der Waals surface area contributed by atoms with Gasteiger partial charge >= 0.3 is 0 Å². The number of hydrogen-bond acceptors (Lipinski definition) is 2. The van der Waals surface area contributed by atoms with E-state index in [9.17, 15) is 0 Å². The van der Waals surface area contributed by atoms with Crippen LogP contribution < -0.4 is 0 Å². The predicted octanol–water partition coefficient (Wildman–Crippen LogP) is 15.3. The first kappa shape index (κ1) is 73.0. The molecule has 6 heterocycles. The molecule has 0 aliphatic carbocycles. The third kappa shape index (κ3) is 43.4. The lowest BCUT2D eigenvalue weighted by molar-refractivity contribution is 0.925.